The summed E-state index contributed by atoms with van der Waals surface area (Å²) in [6.45, 7) is 13.1. The van der Waals surface area contributed by atoms with E-state index in [0.717, 1.165) is 5.56 Å². The first-order valence-corrected chi connectivity index (χ1v) is 10.5. The number of hydrogen-bond donors (Lipinski definition) is 0. The van der Waals surface area contributed by atoms with E-state index in [4.69, 9.17) is 13.9 Å². The molecule has 4 nitrogen and oxygen atoms in total. The first-order chi connectivity index (χ1) is 10.1. The van der Waals surface area contributed by atoms with Crippen LogP contribution in [0.5, 0.6) is 11.5 Å². The maximum atomic E-state index is 11.6. The first-order valence-electron chi connectivity index (χ1n) is 7.62. The molecule has 0 heterocycles. The summed E-state index contributed by atoms with van der Waals surface area (Å²) in [4.78, 5) is 11.6. The molecular weight excluding hydrogens is 296 g/mol. The zero-order valence-corrected chi connectivity index (χ0v) is 15.8. The molecule has 0 aliphatic heterocycles. The monoisotopic (exact) mass is 324 g/mol. The topological polar surface area (TPSA) is 44.8 Å². The number of carbonyl (C=O) groups is 1. The van der Waals surface area contributed by atoms with E-state index < -0.39 is 8.32 Å². The summed E-state index contributed by atoms with van der Waals surface area (Å²) in [5, 5.41) is 0.0924. The fourth-order valence-electron chi connectivity index (χ4n) is 1.72. The van der Waals surface area contributed by atoms with Crippen LogP contribution in [0.25, 0.3) is 0 Å². The highest BCUT2D eigenvalue weighted by Gasteiger charge is 2.39. The minimum atomic E-state index is -1.97. The van der Waals surface area contributed by atoms with Crippen LogP contribution in [0.1, 0.15) is 33.3 Å². The Morgan fingerprint density at radius 1 is 1.18 bits per heavy atom. The van der Waals surface area contributed by atoms with E-state index in [1.807, 2.05) is 18.2 Å². The Morgan fingerprint density at radius 2 is 1.82 bits per heavy atom. The van der Waals surface area contributed by atoms with Gasteiger partial charge in [0.15, 0.2) is 5.75 Å². The molecule has 1 aromatic carbocycles. The Bertz CT molecular complexity index is 518. The predicted octanol–water partition coefficient (Wildman–Crippen LogP) is 4.18. The SMILES string of the molecule is CCOC(=O)Cc1ccc(OC)c(O[Si](C)(C)C(C)(C)C)c1. The van der Waals surface area contributed by atoms with Gasteiger partial charge < -0.3 is 13.9 Å². The average Bonchev–Trinajstić information content (AvgIpc) is 2.37. The van der Waals surface area contributed by atoms with Crippen molar-refractivity contribution in [3.05, 3.63) is 23.8 Å². The Kier molecular flexibility index (Phi) is 6.05. The Hall–Kier alpha value is -1.49. The molecule has 5 heteroatoms. The van der Waals surface area contributed by atoms with Crippen LogP contribution in [-0.2, 0) is 16.0 Å². The van der Waals surface area contributed by atoms with Crippen molar-refractivity contribution in [2.75, 3.05) is 13.7 Å². The van der Waals surface area contributed by atoms with Gasteiger partial charge in [-0.2, -0.15) is 0 Å². The van der Waals surface area contributed by atoms with E-state index >= 15 is 0 Å². The van der Waals surface area contributed by atoms with Crippen molar-refractivity contribution >= 4 is 14.3 Å². The van der Waals surface area contributed by atoms with Crippen molar-refractivity contribution < 1.29 is 18.7 Å². The largest absolute Gasteiger partial charge is 0.541 e. The van der Waals surface area contributed by atoms with Crippen LogP contribution in [0.15, 0.2) is 18.2 Å². The molecule has 0 amide bonds. The summed E-state index contributed by atoms with van der Waals surface area (Å²) in [6, 6.07) is 5.60. The zero-order valence-electron chi connectivity index (χ0n) is 14.8. The highest BCUT2D eigenvalue weighted by atomic mass is 28.4. The lowest BCUT2D eigenvalue weighted by Crippen LogP contribution is -2.43. The van der Waals surface area contributed by atoms with E-state index in [9.17, 15) is 4.79 Å². The maximum absolute atomic E-state index is 11.6. The molecule has 124 valence electrons. The number of methoxy groups -OCH3 is 1. The summed E-state index contributed by atoms with van der Waals surface area (Å²) in [5.41, 5.74) is 0.868. The smallest absolute Gasteiger partial charge is 0.310 e. The summed E-state index contributed by atoms with van der Waals surface area (Å²) in [7, 11) is -0.344. The molecule has 0 atom stereocenters. The van der Waals surface area contributed by atoms with Gasteiger partial charge in [0.05, 0.1) is 20.1 Å². The third-order valence-electron chi connectivity index (χ3n) is 4.05. The summed E-state index contributed by atoms with van der Waals surface area (Å²) in [6.07, 6.45) is 0.242. The second-order valence-corrected chi connectivity index (χ2v) is 11.6. The van der Waals surface area contributed by atoms with Gasteiger partial charge in [-0.3, -0.25) is 4.79 Å². The lowest BCUT2D eigenvalue weighted by atomic mass is 10.1. The molecular formula is C17H28O4Si. The standard InChI is InChI=1S/C17H28O4Si/c1-8-20-16(18)12-13-9-10-14(19-5)15(11-13)21-22(6,7)17(2,3)4/h9-11H,8,12H2,1-7H3. The highest BCUT2D eigenvalue weighted by Crippen LogP contribution is 2.40. The van der Waals surface area contributed by atoms with Crippen LogP contribution in [0, 0.1) is 0 Å². The number of esters is 1. The Morgan fingerprint density at radius 3 is 2.32 bits per heavy atom. The van der Waals surface area contributed by atoms with Crippen molar-refractivity contribution in [1.29, 1.82) is 0 Å². The molecule has 0 bridgehead atoms. The quantitative estimate of drug-likeness (QED) is 0.581. The summed E-state index contributed by atoms with van der Waals surface area (Å²) in [5.74, 6) is 1.17. The van der Waals surface area contributed by atoms with Gasteiger partial charge in [0.1, 0.15) is 5.75 Å². The number of ether oxygens (including phenoxy) is 2. The Balaban J connectivity index is 3.04. The summed E-state index contributed by atoms with van der Waals surface area (Å²) >= 11 is 0. The van der Waals surface area contributed by atoms with Crippen LogP contribution in [-0.4, -0.2) is 28.0 Å². The van der Waals surface area contributed by atoms with Gasteiger partial charge in [0.25, 0.3) is 8.32 Å². The third-order valence-corrected chi connectivity index (χ3v) is 8.40. The highest BCUT2D eigenvalue weighted by molar-refractivity contribution is 6.74. The van der Waals surface area contributed by atoms with Crippen LogP contribution in [0.3, 0.4) is 0 Å². The molecule has 0 fully saturated rings. The fraction of sp³-hybridized carbons (Fsp3) is 0.588. The van der Waals surface area contributed by atoms with E-state index in [2.05, 4.69) is 33.9 Å². The van der Waals surface area contributed by atoms with Crippen LogP contribution in [0.2, 0.25) is 18.1 Å². The van der Waals surface area contributed by atoms with Crippen molar-refractivity contribution in [3.8, 4) is 11.5 Å². The molecule has 0 aromatic heterocycles. The van der Waals surface area contributed by atoms with Crippen molar-refractivity contribution in [1.82, 2.24) is 0 Å². The van der Waals surface area contributed by atoms with Crippen molar-refractivity contribution in [2.24, 2.45) is 0 Å². The molecule has 0 saturated heterocycles. The molecule has 22 heavy (non-hydrogen) atoms. The van der Waals surface area contributed by atoms with E-state index in [0.29, 0.717) is 18.1 Å². The van der Waals surface area contributed by atoms with Crippen LogP contribution in [0.4, 0.5) is 0 Å². The summed E-state index contributed by atoms with van der Waals surface area (Å²) < 4.78 is 16.7. The number of benzene rings is 1. The molecule has 1 rings (SSSR count). The average molecular weight is 324 g/mol. The molecule has 0 radical (unpaired) electrons. The minimum absolute atomic E-state index is 0.0924. The Labute approximate surface area is 134 Å². The van der Waals surface area contributed by atoms with Crippen LogP contribution >= 0.6 is 0 Å². The van der Waals surface area contributed by atoms with Crippen LogP contribution < -0.4 is 9.16 Å². The van der Waals surface area contributed by atoms with Gasteiger partial charge >= 0.3 is 5.97 Å². The number of rotatable bonds is 6. The van der Waals surface area contributed by atoms with E-state index in [1.54, 1.807) is 14.0 Å². The van der Waals surface area contributed by atoms with Gasteiger partial charge in [0.2, 0.25) is 0 Å². The lowest BCUT2D eigenvalue weighted by molar-refractivity contribution is -0.142. The molecule has 1 aromatic rings. The van der Waals surface area contributed by atoms with Crippen molar-refractivity contribution in [3.63, 3.8) is 0 Å². The van der Waals surface area contributed by atoms with Gasteiger partial charge in [-0.25, -0.2) is 0 Å². The fourth-order valence-corrected chi connectivity index (χ4v) is 2.73. The number of hydrogen-bond acceptors (Lipinski definition) is 4. The molecule has 0 spiro atoms. The predicted molar refractivity (Wildman–Crippen MR) is 91.2 cm³/mol. The van der Waals surface area contributed by atoms with Gasteiger partial charge in [-0.1, -0.05) is 26.8 Å². The lowest BCUT2D eigenvalue weighted by Gasteiger charge is -2.36. The third kappa shape index (κ3) is 4.76. The molecule has 0 N–H and O–H groups in total. The first kappa shape index (κ1) is 18.6. The van der Waals surface area contributed by atoms with Gasteiger partial charge in [0, 0.05) is 0 Å². The minimum Gasteiger partial charge on any atom is -0.541 e. The number of carbonyl (C=O) groups excluding carboxylic acids is 1. The molecule has 0 aliphatic rings. The molecule has 0 saturated carbocycles. The van der Waals surface area contributed by atoms with Crippen molar-refractivity contribution in [2.45, 2.75) is 52.2 Å². The van der Waals surface area contributed by atoms with Gasteiger partial charge in [-0.15, -0.1) is 0 Å². The van der Waals surface area contributed by atoms with E-state index in [-0.39, 0.29) is 17.4 Å². The normalized spacial score (nSPS) is 12.0. The second-order valence-electron chi connectivity index (χ2n) is 6.83. The molecule has 0 unspecified atom stereocenters. The second kappa shape index (κ2) is 7.18. The molecule has 0 aliphatic carbocycles. The van der Waals surface area contributed by atoms with E-state index in [1.165, 1.54) is 0 Å². The maximum Gasteiger partial charge on any atom is 0.310 e. The zero-order chi connectivity index (χ0) is 17.0. The van der Waals surface area contributed by atoms with Gasteiger partial charge in [-0.05, 0) is 42.8 Å².